The summed E-state index contributed by atoms with van der Waals surface area (Å²) in [5, 5.41) is 12.7. The SMILES string of the molecule is CCN1CCCC(NCC(C)(C)CCO)CC1. The van der Waals surface area contributed by atoms with Crippen molar-refractivity contribution in [1.82, 2.24) is 10.2 Å². The van der Waals surface area contributed by atoms with Crippen LogP contribution in [0.1, 0.15) is 46.5 Å². The Balaban J connectivity index is 2.27. The van der Waals surface area contributed by atoms with Crippen LogP contribution in [0.2, 0.25) is 0 Å². The highest BCUT2D eigenvalue weighted by molar-refractivity contribution is 4.78. The van der Waals surface area contributed by atoms with Gasteiger partial charge in [-0.15, -0.1) is 0 Å². The first-order valence-corrected chi connectivity index (χ1v) is 7.14. The molecule has 3 nitrogen and oxygen atoms in total. The standard InChI is InChI=1S/C14H30N2O/c1-4-16-9-5-6-13(7-10-16)15-12-14(2,3)8-11-17/h13,15,17H,4-12H2,1-3H3. The van der Waals surface area contributed by atoms with Crippen LogP contribution in [0.5, 0.6) is 0 Å². The van der Waals surface area contributed by atoms with Crippen molar-refractivity contribution in [2.45, 2.75) is 52.5 Å². The van der Waals surface area contributed by atoms with E-state index in [1.165, 1.54) is 38.9 Å². The van der Waals surface area contributed by atoms with Crippen molar-refractivity contribution >= 4 is 0 Å². The van der Waals surface area contributed by atoms with Gasteiger partial charge in [0.1, 0.15) is 0 Å². The molecular formula is C14H30N2O. The minimum Gasteiger partial charge on any atom is -0.396 e. The van der Waals surface area contributed by atoms with Crippen LogP contribution in [-0.4, -0.2) is 48.8 Å². The molecule has 1 heterocycles. The van der Waals surface area contributed by atoms with Crippen molar-refractivity contribution in [3.63, 3.8) is 0 Å². The van der Waals surface area contributed by atoms with Crippen molar-refractivity contribution in [3.8, 4) is 0 Å². The van der Waals surface area contributed by atoms with Crippen molar-refractivity contribution < 1.29 is 5.11 Å². The maximum absolute atomic E-state index is 9.02. The van der Waals surface area contributed by atoms with Crippen LogP contribution < -0.4 is 5.32 Å². The van der Waals surface area contributed by atoms with Gasteiger partial charge in [0.2, 0.25) is 0 Å². The van der Waals surface area contributed by atoms with E-state index in [1.807, 2.05) is 0 Å². The fourth-order valence-corrected chi connectivity index (χ4v) is 2.49. The van der Waals surface area contributed by atoms with Crippen LogP contribution in [0.4, 0.5) is 0 Å². The van der Waals surface area contributed by atoms with Gasteiger partial charge in [-0.2, -0.15) is 0 Å². The Morgan fingerprint density at radius 3 is 2.71 bits per heavy atom. The summed E-state index contributed by atoms with van der Waals surface area (Å²) in [6.45, 7) is 11.7. The van der Waals surface area contributed by atoms with E-state index in [-0.39, 0.29) is 5.41 Å². The second kappa shape index (κ2) is 7.34. The molecule has 2 N–H and O–H groups in total. The van der Waals surface area contributed by atoms with Gasteiger partial charge in [-0.3, -0.25) is 0 Å². The summed E-state index contributed by atoms with van der Waals surface area (Å²) < 4.78 is 0. The summed E-state index contributed by atoms with van der Waals surface area (Å²) in [4.78, 5) is 2.54. The van der Waals surface area contributed by atoms with E-state index in [4.69, 9.17) is 5.11 Å². The summed E-state index contributed by atoms with van der Waals surface area (Å²) in [7, 11) is 0. The summed E-state index contributed by atoms with van der Waals surface area (Å²) in [5.74, 6) is 0. The highest BCUT2D eigenvalue weighted by Crippen LogP contribution is 2.19. The number of hydrogen-bond donors (Lipinski definition) is 2. The normalized spacial score (nSPS) is 23.6. The van der Waals surface area contributed by atoms with E-state index in [0.717, 1.165) is 13.0 Å². The number of nitrogens with one attached hydrogen (secondary N) is 1. The van der Waals surface area contributed by atoms with Gasteiger partial charge in [0.25, 0.3) is 0 Å². The Bertz CT molecular complexity index is 206. The molecule has 0 bridgehead atoms. The zero-order valence-corrected chi connectivity index (χ0v) is 11.8. The smallest absolute Gasteiger partial charge is 0.0436 e. The first kappa shape index (κ1) is 14.9. The minimum atomic E-state index is 0.214. The van der Waals surface area contributed by atoms with Crippen molar-refractivity contribution in [1.29, 1.82) is 0 Å². The Hall–Kier alpha value is -0.120. The second-order valence-corrected chi connectivity index (χ2v) is 6.08. The fraction of sp³-hybridized carbons (Fsp3) is 1.00. The van der Waals surface area contributed by atoms with Crippen molar-refractivity contribution in [2.24, 2.45) is 5.41 Å². The molecule has 0 saturated carbocycles. The summed E-state index contributed by atoms with van der Waals surface area (Å²) >= 11 is 0. The number of rotatable bonds is 6. The summed E-state index contributed by atoms with van der Waals surface area (Å²) in [6, 6.07) is 0.671. The molecule has 0 aromatic heterocycles. The van der Waals surface area contributed by atoms with E-state index in [0.29, 0.717) is 12.6 Å². The van der Waals surface area contributed by atoms with Crippen LogP contribution in [0, 0.1) is 5.41 Å². The minimum absolute atomic E-state index is 0.214. The topological polar surface area (TPSA) is 35.5 Å². The molecular weight excluding hydrogens is 212 g/mol. The lowest BCUT2D eigenvalue weighted by Gasteiger charge is -2.27. The van der Waals surface area contributed by atoms with Crippen LogP contribution in [-0.2, 0) is 0 Å². The first-order chi connectivity index (χ1) is 8.07. The molecule has 1 rings (SSSR count). The molecule has 17 heavy (non-hydrogen) atoms. The van der Waals surface area contributed by atoms with Gasteiger partial charge in [-0.25, -0.2) is 0 Å². The van der Waals surface area contributed by atoms with Gasteiger partial charge in [0, 0.05) is 19.2 Å². The molecule has 3 heteroatoms. The highest BCUT2D eigenvalue weighted by Gasteiger charge is 2.20. The van der Waals surface area contributed by atoms with Gasteiger partial charge in [0.15, 0.2) is 0 Å². The fourth-order valence-electron chi connectivity index (χ4n) is 2.49. The zero-order chi connectivity index (χ0) is 12.7. The quantitative estimate of drug-likeness (QED) is 0.746. The predicted molar refractivity (Wildman–Crippen MR) is 73.2 cm³/mol. The van der Waals surface area contributed by atoms with Crippen LogP contribution >= 0.6 is 0 Å². The maximum atomic E-state index is 9.02. The third kappa shape index (κ3) is 5.84. The molecule has 1 aliphatic heterocycles. The lowest BCUT2D eigenvalue weighted by molar-refractivity contribution is 0.200. The Kier molecular flexibility index (Phi) is 6.45. The molecule has 1 atom stereocenters. The predicted octanol–water partition coefficient (Wildman–Crippen LogP) is 1.86. The maximum Gasteiger partial charge on any atom is 0.0436 e. The van der Waals surface area contributed by atoms with Gasteiger partial charge in [0.05, 0.1) is 0 Å². The van der Waals surface area contributed by atoms with Crippen LogP contribution in [0.25, 0.3) is 0 Å². The molecule has 102 valence electrons. The second-order valence-electron chi connectivity index (χ2n) is 6.08. The molecule has 1 aliphatic rings. The largest absolute Gasteiger partial charge is 0.396 e. The zero-order valence-electron chi connectivity index (χ0n) is 11.8. The molecule has 0 aliphatic carbocycles. The Labute approximate surface area is 107 Å². The molecule has 0 spiro atoms. The molecule has 0 radical (unpaired) electrons. The van der Waals surface area contributed by atoms with Crippen LogP contribution in [0.15, 0.2) is 0 Å². The van der Waals surface area contributed by atoms with Gasteiger partial charge < -0.3 is 15.3 Å². The highest BCUT2D eigenvalue weighted by atomic mass is 16.3. The number of hydrogen-bond acceptors (Lipinski definition) is 3. The van der Waals surface area contributed by atoms with E-state index < -0.39 is 0 Å². The lowest BCUT2D eigenvalue weighted by atomic mass is 9.89. The number of aliphatic hydroxyl groups is 1. The Morgan fingerprint density at radius 1 is 1.29 bits per heavy atom. The molecule has 0 aromatic rings. The number of nitrogens with zero attached hydrogens (tertiary/aromatic N) is 1. The molecule has 1 unspecified atom stereocenters. The average Bonchev–Trinajstić information content (AvgIpc) is 2.51. The third-order valence-electron chi connectivity index (χ3n) is 3.93. The molecule has 1 saturated heterocycles. The lowest BCUT2D eigenvalue weighted by Crippen LogP contribution is -2.38. The molecule has 0 aromatic carbocycles. The summed E-state index contributed by atoms with van der Waals surface area (Å²) in [6.07, 6.45) is 4.76. The van der Waals surface area contributed by atoms with E-state index in [1.54, 1.807) is 0 Å². The number of likely N-dealkylation sites (tertiary alicyclic amines) is 1. The summed E-state index contributed by atoms with van der Waals surface area (Å²) in [5.41, 5.74) is 0.214. The van der Waals surface area contributed by atoms with E-state index in [9.17, 15) is 0 Å². The van der Waals surface area contributed by atoms with Crippen LogP contribution in [0.3, 0.4) is 0 Å². The van der Waals surface area contributed by atoms with Crippen molar-refractivity contribution in [3.05, 3.63) is 0 Å². The Morgan fingerprint density at radius 2 is 2.06 bits per heavy atom. The van der Waals surface area contributed by atoms with E-state index >= 15 is 0 Å². The molecule has 1 fully saturated rings. The van der Waals surface area contributed by atoms with E-state index in [2.05, 4.69) is 31.0 Å². The van der Waals surface area contributed by atoms with Gasteiger partial charge in [-0.05, 0) is 50.7 Å². The number of aliphatic hydroxyl groups excluding tert-OH is 1. The monoisotopic (exact) mass is 242 g/mol. The molecule has 0 amide bonds. The average molecular weight is 242 g/mol. The third-order valence-corrected chi connectivity index (χ3v) is 3.93. The van der Waals surface area contributed by atoms with Gasteiger partial charge in [-0.1, -0.05) is 20.8 Å². The first-order valence-electron chi connectivity index (χ1n) is 7.14. The van der Waals surface area contributed by atoms with Gasteiger partial charge >= 0.3 is 0 Å². The van der Waals surface area contributed by atoms with Crippen molar-refractivity contribution in [2.75, 3.05) is 32.8 Å².